The molecule has 1 atom stereocenters. The molecule has 2 aliphatic rings. The lowest BCUT2D eigenvalue weighted by molar-refractivity contribution is 0.0389. The molecule has 134 valence electrons. The topological polar surface area (TPSA) is 71.7 Å². The van der Waals surface area contributed by atoms with E-state index in [1.807, 2.05) is 26.6 Å². The van der Waals surface area contributed by atoms with E-state index in [0.717, 1.165) is 37.9 Å². The Morgan fingerprint density at radius 3 is 2.96 bits per heavy atom. The lowest BCUT2D eigenvalue weighted by atomic mass is 9.95. The molecule has 25 heavy (non-hydrogen) atoms. The van der Waals surface area contributed by atoms with E-state index in [1.165, 1.54) is 0 Å². The maximum Gasteiger partial charge on any atom is 0.320 e. The van der Waals surface area contributed by atoms with Crippen molar-refractivity contribution in [2.75, 3.05) is 39.4 Å². The minimum atomic E-state index is 0.137. The zero-order chi connectivity index (χ0) is 17.1. The number of rotatable bonds is 3. The molecule has 4 rings (SSSR count). The fraction of sp³-hybridized carbons (Fsp3) is 0.588. The van der Waals surface area contributed by atoms with Crippen LogP contribution in [0.4, 0.5) is 4.79 Å². The van der Waals surface area contributed by atoms with Crippen molar-refractivity contribution >= 4 is 17.4 Å². The Hall–Kier alpha value is -1.93. The van der Waals surface area contributed by atoms with Gasteiger partial charge in [-0.1, -0.05) is 5.16 Å². The summed E-state index contributed by atoms with van der Waals surface area (Å²) in [5.41, 5.74) is 0.993. The highest BCUT2D eigenvalue weighted by Crippen LogP contribution is 2.24. The number of aromatic nitrogens is 2. The number of likely N-dealkylation sites (tertiary alicyclic amines) is 1. The highest BCUT2D eigenvalue weighted by molar-refractivity contribution is 7.08. The molecule has 2 saturated heterocycles. The number of thiophene rings is 1. The third-order valence-corrected chi connectivity index (χ3v) is 5.47. The summed E-state index contributed by atoms with van der Waals surface area (Å²) in [5, 5.41) is 8.08. The summed E-state index contributed by atoms with van der Waals surface area (Å²) in [6, 6.07) is 2.13. The largest absolute Gasteiger partial charge is 0.378 e. The number of urea groups is 1. The highest BCUT2D eigenvalue weighted by Gasteiger charge is 2.29. The monoisotopic (exact) mass is 362 g/mol. The third kappa shape index (κ3) is 3.85. The summed E-state index contributed by atoms with van der Waals surface area (Å²) < 4.78 is 10.7. The molecule has 0 radical (unpaired) electrons. The predicted molar refractivity (Wildman–Crippen MR) is 93.4 cm³/mol. The van der Waals surface area contributed by atoms with Gasteiger partial charge in [-0.3, -0.25) is 0 Å². The second-order valence-electron chi connectivity index (χ2n) is 6.56. The Labute approximate surface area is 150 Å². The molecule has 4 heterocycles. The normalized spacial score (nSPS) is 21.5. The third-order valence-electron chi connectivity index (χ3n) is 4.78. The maximum absolute atomic E-state index is 12.7. The molecule has 2 fully saturated rings. The van der Waals surface area contributed by atoms with Crippen LogP contribution in [-0.2, 0) is 11.2 Å². The molecule has 2 aliphatic heterocycles. The number of ether oxygens (including phenoxy) is 1. The smallest absolute Gasteiger partial charge is 0.320 e. The van der Waals surface area contributed by atoms with Gasteiger partial charge in [0.25, 0.3) is 0 Å². The molecule has 0 aromatic carbocycles. The van der Waals surface area contributed by atoms with Gasteiger partial charge >= 0.3 is 6.03 Å². The van der Waals surface area contributed by atoms with Crippen molar-refractivity contribution in [3.63, 3.8) is 0 Å². The number of carbonyl (C=O) groups is 1. The first-order chi connectivity index (χ1) is 12.3. The zero-order valence-corrected chi connectivity index (χ0v) is 14.9. The average molecular weight is 362 g/mol. The average Bonchev–Trinajstić information content (AvgIpc) is 3.34. The summed E-state index contributed by atoms with van der Waals surface area (Å²) >= 11 is 1.62. The predicted octanol–water partition coefficient (Wildman–Crippen LogP) is 2.50. The molecule has 0 aliphatic carbocycles. The Kier molecular flexibility index (Phi) is 4.98. The van der Waals surface area contributed by atoms with Crippen LogP contribution in [0.5, 0.6) is 0 Å². The van der Waals surface area contributed by atoms with Crippen LogP contribution < -0.4 is 0 Å². The van der Waals surface area contributed by atoms with Gasteiger partial charge in [0.1, 0.15) is 0 Å². The Bertz CT molecular complexity index is 697. The van der Waals surface area contributed by atoms with E-state index >= 15 is 0 Å². The van der Waals surface area contributed by atoms with Gasteiger partial charge in [0, 0.05) is 43.5 Å². The van der Waals surface area contributed by atoms with Crippen molar-refractivity contribution in [1.82, 2.24) is 19.9 Å². The fourth-order valence-corrected chi connectivity index (χ4v) is 4.09. The SMILES string of the molecule is O=C(N1CCOCC1)N1CCC[C@@H](Cc2nc(-c3ccsc3)no2)C1. The van der Waals surface area contributed by atoms with E-state index in [4.69, 9.17) is 9.26 Å². The highest BCUT2D eigenvalue weighted by atomic mass is 32.1. The molecular weight excluding hydrogens is 340 g/mol. The quantitative estimate of drug-likeness (QED) is 0.839. The Morgan fingerprint density at radius 2 is 2.16 bits per heavy atom. The summed E-state index contributed by atoms with van der Waals surface area (Å²) in [4.78, 5) is 21.0. The molecule has 2 amide bonds. The minimum Gasteiger partial charge on any atom is -0.378 e. The summed E-state index contributed by atoms with van der Waals surface area (Å²) in [6.07, 6.45) is 2.83. The lowest BCUT2D eigenvalue weighted by Gasteiger charge is -2.37. The summed E-state index contributed by atoms with van der Waals surface area (Å²) in [5.74, 6) is 1.68. The first kappa shape index (κ1) is 16.5. The van der Waals surface area contributed by atoms with E-state index in [2.05, 4.69) is 10.1 Å². The molecular formula is C17H22N4O3S. The van der Waals surface area contributed by atoms with Gasteiger partial charge in [-0.2, -0.15) is 16.3 Å². The van der Waals surface area contributed by atoms with Crippen LogP contribution in [0.15, 0.2) is 21.3 Å². The van der Waals surface area contributed by atoms with Gasteiger partial charge in [-0.15, -0.1) is 0 Å². The first-order valence-electron chi connectivity index (χ1n) is 8.76. The number of piperidine rings is 1. The van der Waals surface area contributed by atoms with Gasteiger partial charge in [0.15, 0.2) is 0 Å². The van der Waals surface area contributed by atoms with Gasteiger partial charge in [0.05, 0.1) is 13.2 Å². The van der Waals surface area contributed by atoms with E-state index in [1.54, 1.807) is 11.3 Å². The zero-order valence-electron chi connectivity index (χ0n) is 14.1. The van der Waals surface area contributed by atoms with Crippen molar-refractivity contribution < 1.29 is 14.1 Å². The molecule has 2 aromatic rings. The van der Waals surface area contributed by atoms with Crippen LogP contribution in [0, 0.1) is 5.92 Å². The number of hydrogen-bond acceptors (Lipinski definition) is 6. The van der Waals surface area contributed by atoms with E-state index in [9.17, 15) is 4.79 Å². The number of carbonyl (C=O) groups excluding carboxylic acids is 1. The minimum absolute atomic E-state index is 0.137. The Morgan fingerprint density at radius 1 is 1.28 bits per heavy atom. The van der Waals surface area contributed by atoms with Gasteiger partial charge in [-0.25, -0.2) is 4.79 Å². The van der Waals surface area contributed by atoms with Crippen molar-refractivity contribution in [1.29, 1.82) is 0 Å². The van der Waals surface area contributed by atoms with E-state index < -0.39 is 0 Å². The Balaban J connectivity index is 1.36. The second-order valence-corrected chi connectivity index (χ2v) is 7.34. The lowest BCUT2D eigenvalue weighted by Crippen LogP contribution is -2.51. The first-order valence-corrected chi connectivity index (χ1v) is 9.70. The van der Waals surface area contributed by atoms with Crippen LogP contribution in [0.25, 0.3) is 11.4 Å². The number of hydrogen-bond donors (Lipinski definition) is 0. The molecule has 0 N–H and O–H groups in total. The van der Waals surface area contributed by atoms with Gasteiger partial charge < -0.3 is 19.1 Å². The summed E-state index contributed by atoms with van der Waals surface area (Å²) in [6.45, 7) is 4.23. The molecule has 0 saturated carbocycles. The molecule has 7 nitrogen and oxygen atoms in total. The molecule has 2 aromatic heterocycles. The van der Waals surface area contributed by atoms with Crippen LogP contribution >= 0.6 is 11.3 Å². The molecule has 0 bridgehead atoms. The van der Waals surface area contributed by atoms with Crippen LogP contribution in [0.3, 0.4) is 0 Å². The molecule has 0 unspecified atom stereocenters. The van der Waals surface area contributed by atoms with Crippen molar-refractivity contribution in [3.8, 4) is 11.4 Å². The standard InChI is InChI=1S/C17H22N4O3S/c22-17(20-5-7-23-8-6-20)21-4-1-2-13(11-21)10-15-18-16(19-24-15)14-3-9-25-12-14/h3,9,12-13H,1-2,4-8,10-11H2/t13-/m0/s1. The number of nitrogens with zero attached hydrogens (tertiary/aromatic N) is 4. The van der Waals surface area contributed by atoms with E-state index in [0.29, 0.717) is 43.9 Å². The van der Waals surface area contributed by atoms with Gasteiger partial charge in [0.2, 0.25) is 11.7 Å². The number of amides is 2. The van der Waals surface area contributed by atoms with Crippen LogP contribution in [0.2, 0.25) is 0 Å². The fourth-order valence-electron chi connectivity index (χ4n) is 3.45. The van der Waals surface area contributed by atoms with Crippen molar-refractivity contribution in [2.45, 2.75) is 19.3 Å². The van der Waals surface area contributed by atoms with Crippen LogP contribution in [-0.4, -0.2) is 65.4 Å². The molecule has 8 heteroatoms. The van der Waals surface area contributed by atoms with Gasteiger partial charge in [-0.05, 0) is 30.2 Å². The summed E-state index contributed by atoms with van der Waals surface area (Å²) in [7, 11) is 0. The number of morpholine rings is 1. The van der Waals surface area contributed by atoms with Crippen LogP contribution in [0.1, 0.15) is 18.7 Å². The maximum atomic E-state index is 12.7. The van der Waals surface area contributed by atoms with Crippen molar-refractivity contribution in [2.24, 2.45) is 5.92 Å². The second kappa shape index (κ2) is 7.53. The molecule has 0 spiro atoms. The van der Waals surface area contributed by atoms with Crippen molar-refractivity contribution in [3.05, 3.63) is 22.7 Å². The van der Waals surface area contributed by atoms with E-state index in [-0.39, 0.29) is 6.03 Å².